The third-order valence-corrected chi connectivity index (χ3v) is 4.69. The molecule has 5 rings (SSSR count). The fraction of sp³-hybridized carbons (Fsp3) is 0.200. The number of H-pyrrole nitrogens is 1. The van der Waals surface area contributed by atoms with E-state index in [1.165, 1.54) is 18.2 Å². The van der Waals surface area contributed by atoms with Crippen molar-refractivity contribution < 1.29 is 18.7 Å². The Bertz CT molecular complexity index is 1160. The van der Waals surface area contributed by atoms with Gasteiger partial charge in [-0.1, -0.05) is 6.07 Å². The number of imidazole rings is 1. The van der Waals surface area contributed by atoms with Crippen LogP contribution in [0.3, 0.4) is 0 Å². The number of amides is 1. The number of halogens is 1. The van der Waals surface area contributed by atoms with Crippen molar-refractivity contribution in [1.29, 1.82) is 0 Å². The summed E-state index contributed by atoms with van der Waals surface area (Å²) in [5.41, 5.74) is 3.54. The van der Waals surface area contributed by atoms with E-state index in [1.807, 2.05) is 6.07 Å². The summed E-state index contributed by atoms with van der Waals surface area (Å²) in [7, 11) is 0. The number of hydrogen-bond donors (Lipinski definition) is 2. The van der Waals surface area contributed by atoms with Gasteiger partial charge in [0.2, 0.25) is 5.95 Å². The first kappa shape index (κ1) is 16.6. The van der Waals surface area contributed by atoms with Gasteiger partial charge in [-0.2, -0.15) is 0 Å². The van der Waals surface area contributed by atoms with Gasteiger partial charge < -0.3 is 9.72 Å². The normalized spacial score (nSPS) is 15.9. The molecule has 1 fully saturated rings. The van der Waals surface area contributed by atoms with Crippen LogP contribution in [-0.2, 0) is 4.74 Å². The smallest absolute Gasteiger partial charge is 0.414 e. The SMILES string of the molecule is O=C(Nc1nc2ccc(C3=NCC(=O)c4ccc(F)cc43)cc2[nH]1)OC1CC1. The number of aliphatic imine (C=N–C) groups is 1. The van der Waals surface area contributed by atoms with Gasteiger partial charge in [0.1, 0.15) is 18.5 Å². The van der Waals surface area contributed by atoms with Crippen LogP contribution in [0.4, 0.5) is 15.1 Å². The Kier molecular flexibility index (Phi) is 3.71. The van der Waals surface area contributed by atoms with E-state index in [2.05, 4.69) is 20.3 Å². The van der Waals surface area contributed by atoms with Crippen molar-refractivity contribution in [2.24, 2.45) is 4.99 Å². The predicted octanol–water partition coefficient (Wildman–Crippen LogP) is 3.45. The minimum Gasteiger partial charge on any atom is -0.446 e. The Morgan fingerprint density at radius 2 is 2.04 bits per heavy atom. The van der Waals surface area contributed by atoms with E-state index in [9.17, 15) is 14.0 Å². The van der Waals surface area contributed by atoms with E-state index in [0.717, 1.165) is 18.4 Å². The first-order chi connectivity index (χ1) is 13.6. The van der Waals surface area contributed by atoms with Crippen molar-refractivity contribution in [3.63, 3.8) is 0 Å². The number of anilines is 1. The summed E-state index contributed by atoms with van der Waals surface area (Å²) < 4.78 is 18.9. The lowest BCUT2D eigenvalue weighted by Crippen LogP contribution is -2.20. The molecule has 2 heterocycles. The molecule has 1 saturated carbocycles. The molecule has 0 saturated heterocycles. The van der Waals surface area contributed by atoms with Gasteiger partial charge in [-0.3, -0.25) is 15.1 Å². The van der Waals surface area contributed by atoms with E-state index in [0.29, 0.717) is 27.9 Å². The van der Waals surface area contributed by atoms with E-state index >= 15 is 0 Å². The van der Waals surface area contributed by atoms with Crippen LogP contribution in [0.1, 0.15) is 34.3 Å². The summed E-state index contributed by atoms with van der Waals surface area (Å²) >= 11 is 0. The maximum absolute atomic E-state index is 13.7. The van der Waals surface area contributed by atoms with Gasteiger partial charge in [-0.15, -0.1) is 0 Å². The van der Waals surface area contributed by atoms with Gasteiger partial charge >= 0.3 is 6.09 Å². The summed E-state index contributed by atoms with van der Waals surface area (Å²) in [6.45, 7) is 0.0226. The Labute approximate surface area is 158 Å². The van der Waals surface area contributed by atoms with E-state index in [-0.39, 0.29) is 24.4 Å². The number of carbonyl (C=O) groups excluding carboxylic acids is 2. The summed E-state index contributed by atoms with van der Waals surface area (Å²) in [4.78, 5) is 35.5. The zero-order chi connectivity index (χ0) is 19.3. The highest BCUT2D eigenvalue weighted by Gasteiger charge is 2.26. The fourth-order valence-electron chi connectivity index (χ4n) is 3.20. The molecular formula is C20H15FN4O3. The van der Waals surface area contributed by atoms with Crippen LogP contribution < -0.4 is 5.32 Å². The Morgan fingerprint density at radius 3 is 2.86 bits per heavy atom. The second-order valence-electron chi connectivity index (χ2n) is 6.82. The zero-order valence-electron chi connectivity index (χ0n) is 14.7. The summed E-state index contributed by atoms with van der Waals surface area (Å²) in [6.07, 6.45) is 1.25. The van der Waals surface area contributed by atoms with Crippen LogP contribution in [0.5, 0.6) is 0 Å². The number of Topliss-reactive ketones (excluding diaryl/α,β-unsaturated/α-hetero) is 1. The molecule has 3 aromatic rings. The number of benzene rings is 2. The standard InChI is InChI=1S/C20H15FN4O3/c21-11-2-5-13-14(8-11)18(22-9-17(13)26)10-1-6-15-16(7-10)24-19(23-15)25-20(27)28-12-3-4-12/h1-2,5-8,12H,3-4,9H2,(H2,23,24,25,27). The van der Waals surface area contributed by atoms with Crippen LogP contribution in [0.2, 0.25) is 0 Å². The highest BCUT2D eigenvalue weighted by molar-refractivity contribution is 6.22. The van der Waals surface area contributed by atoms with E-state index < -0.39 is 11.9 Å². The number of aromatic amines is 1. The Morgan fingerprint density at radius 1 is 1.18 bits per heavy atom. The highest BCUT2D eigenvalue weighted by Crippen LogP contribution is 2.26. The summed E-state index contributed by atoms with van der Waals surface area (Å²) in [6, 6.07) is 9.47. The molecule has 0 radical (unpaired) electrons. The van der Waals surface area contributed by atoms with Crippen LogP contribution in [0, 0.1) is 5.82 Å². The highest BCUT2D eigenvalue weighted by atomic mass is 19.1. The van der Waals surface area contributed by atoms with E-state index in [1.54, 1.807) is 12.1 Å². The average molecular weight is 378 g/mol. The number of ether oxygens (including phenoxy) is 1. The molecule has 28 heavy (non-hydrogen) atoms. The summed E-state index contributed by atoms with van der Waals surface area (Å²) in [5.74, 6) is -0.281. The minimum absolute atomic E-state index is 0.00321. The first-order valence-corrected chi connectivity index (χ1v) is 8.92. The number of nitrogens with zero attached hydrogens (tertiary/aromatic N) is 2. The Hall–Kier alpha value is -3.55. The molecule has 1 aliphatic heterocycles. The van der Waals surface area contributed by atoms with Crippen LogP contribution in [0.15, 0.2) is 41.4 Å². The van der Waals surface area contributed by atoms with Crippen molar-refractivity contribution in [3.8, 4) is 0 Å². The lowest BCUT2D eigenvalue weighted by Gasteiger charge is -2.16. The van der Waals surface area contributed by atoms with Crippen LogP contribution in [-0.4, -0.2) is 40.2 Å². The number of ketones is 1. The molecule has 1 amide bonds. The second kappa shape index (κ2) is 6.26. The van der Waals surface area contributed by atoms with E-state index in [4.69, 9.17) is 4.74 Å². The predicted molar refractivity (Wildman–Crippen MR) is 100 cm³/mol. The molecule has 2 N–H and O–H groups in total. The van der Waals surface area contributed by atoms with Gasteiger partial charge in [0.15, 0.2) is 5.78 Å². The lowest BCUT2D eigenvalue weighted by atomic mass is 9.92. The Balaban J connectivity index is 1.47. The molecule has 140 valence electrons. The summed E-state index contributed by atoms with van der Waals surface area (Å²) in [5, 5.41) is 2.58. The molecule has 1 aromatic heterocycles. The van der Waals surface area contributed by atoms with Gasteiger partial charge in [0.05, 0.1) is 16.7 Å². The molecule has 8 heteroatoms. The molecule has 7 nitrogen and oxygen atoms in total. The molecule has 2 aromatic carbocycles. The molecule has 1 aliphatic carbocycles. The fourth-order valence-corrected chi connectivity index (χ4v) is 3.20. The molecule has 0 bridgehead atoms. The molecular weight excluding hydrogens is 363 g/mol. The van der Waals surface area contributed by atoms with Crippen molar-refractivity contribution in [1.82, 2.24) is 9.97 Å². The van der Waals surface area contributed by atoms with Crippen LogP contribution in [0.25, 0.3) is 11.0 Å². The van der Waals surface area contributed by atoms with Crippen LogP contribution >= 0.6 is 0 Å². The number of aromatic nitrogens is 2. The van der Waals surface area contributed by atoms with Crippen molar-refractivity contribution in [2.45, 2.75) is 18.9 Å². The third-order valence-electron chi connectivity index (χ3n) is 4.69. The molecule has 2 aliphatic rings. The number of hydrogen-bond acceptors (Lipinski definition) is 5. The van der Waals surface area contributed by atoms with Gasteiger partial charge in [0, 0.05) is 16.7 Å². The van der Waals surface area contributed by atoms with Crippen molar-refractivity contribution >= 4 is 34.6 Å². The van der Waals surface area contributed by atoms with Gasteiger partial charge in [-0.25, -0.2) is 14.2 Å². The number of fused-ring (bicyclic) bond motifs is 2. The largest absolute Gasteiger partial charge is 0.446 e. The number of rotatable bonds is 3. The topological polar surface area (TPSA) is 96.4 Å². The average Bonchev–Trinajstić information content (AvgIpc) is 3.38. The van der Waals surface area contributed by atoms with Gasteiger partial charge in [0.25, 0.3) is 0 Å². The second-order valence-corrected chi connectivity index (χ2v) is 6.82. The molecule has 0 spiro atoms. The quantitative estimate of drug-likeness (QED) is 0.730. The van der Waals surface area contributed by atoms with Gasteiger partial charge in [-0.05, 0) is 43.2 Å². The maximum Gasteiger partial charge on any atom is 0.414 e. The van der Waals surface area contributed by atoms with Crippen molar-refractivity contribution in [2.75, 3.05) is 11.9 Å². The third kappa shape index (κ3) is 3.02. The first-order valence-electron chi connectivity index (χ1n) is 8.92. The number of nitrogens with one attached hydrogen (secondary N) is 2. The monoisotopic (exact) mass is 378 g/mol. The number of carbonyl (C=O) groups is 2. The van der Waals surface area contributed by atoms with Crippen molar-refractivity contribution in [3.05, 3.63) is 58.9 Å². The molecule has 0 unspecified atom stereocenters. The lowest BCUT2D eigenvalue weighted by molar-refractivity contribution is 0.1000. The molecule has 0 atom stereocenters. The maximum atomic E-state index is 13.7. The zero-order valence-corrected chi connectivity index (χ0v) is 14.7. The minimum atomic E-state index is -0.540.